The van der Waals surface area contributed by atoms with Gasteiger partial charge in [-0.3, -0.25) is 14.5 Å². The largest absolute Gasteiger partial charge is 0.360 e. The Morgan fingerprint density at radius 2 is 1.84 bits per heavy atom. The third-order valence-corrected chi connectivity index (χ3v) is 4.13. The number of carbonyl (C=O) groups is 2. The highest BCUT2D eigenvalue weighted by molar-refractivity contribution is 7.80. The molecule has 2 rings (SSSR count). The lowest BCUT2D eigenvalue weighted by Crippen LogP contribution is -2.55. The van der Waals surface area contributed by atoms with Crippen LogP contribution in [0, 0.1) is 0 Å². The molecule has 6 heteroatoms. The topological polar surface area (TPSA) is 61.4 Å². The van der Waals surface area contributed by atoms with Crippen molar-refractivity contribution in [3.63, 3.8) is 0 Å². The molecule has 2 aliphatic rings. The van der Waals surface area contributed by atoms with Gasteiger partial charge in [0, 0.05) is 19.5 Å². The van der Waals surface area contributed by atoms with E-state index in [4.69, 9.17) is 12.2 Å². The van der Waals surface area contributed by atoms with Crippen LogP contribution in [0.25, 0.3) is 0 Å². The summed E-state index contributed by atoms with van der Waals surface area (Å²) < 4.78 is 0. The van der Waals surface area contributed by atoms with E-state index in [2.05, 4.69) is 10.6 Å². The van der Waals surface area contributed by atoms with Crippen molar-refractivity contribution in [2.75, 3.05) is 7.05 Å². The summed E-state index contributed by atoms with van der Waals surface area (Å²) in [4.78, 5) is 24.5. The third kappa shape index (κ3) is 3.65. The van der Waals surface area contributed by atoms with Crippen molar-refractivity contribution in [1.29, 1.82) is 0 Å². The maximum atomic E-state index is 11.9. The van der Waals surface area contributed by atoms with Gasteiger partial charge in [0.05, 0.1) is 0 Å². The number of rotatable bonds is 2. The average Bonchev–Trinajstić information content (AvgIpc) is 2.41. The van der Waals surface area contributed by atoms with Gasteiger partial charge < -0.3 is 10.6 Å². The highest BCUT2D eigenvalue weighted by Gasteiger charge is 2.32. The monoisotopic (exact) mass is 283 g/mol. The zero-order chi connectivity index (χ0) is 13.8. The van der Waals surface area contributed by atoms with E-state index < -0.39 is 0 Å². The van der Waals surface area contributed by atoms with Crippen molar-refractivity contribution in [3.8, 4) is 0 Å². The molecule has 0 aromatic heterocycles. The van der Waals surface area contributed by atoms with Crippen LogP contribution >= 0.6 is 12.2 Å². The molecule has 19 heavy (non-hydrogen) atoms. The molecule has 2 amide bonds. The normalized spacial score (nSPS) is 25.3. The summed E-state index contributed by atoms with van der Waals surface area (Å²) in [6, 6.07) is 0.0538. The zero-order valence-electron chi connectivity index (χ0n) is 11.3. The Morgan fingerprint density at radius 3 is 2.53 bits per heavy atom. The Morgan fingerprint density at radius 1 is 1.16 bits per heavy atom. The molecule has 0 aromatic rings. The highest BCUT2D eigenvalue weighted by atomic mass is 32.1. The van der Waals surface area contributed by atoms with Crippen LogP contribution in [-0.4, -0.2) is 41.0 Å². The number of hydrogen-bond acceptors (Lipinski definition) is 3. The van der Waals surface area contributed by atoms with E-state index in [0.29, 0.717) is 24.0 Å². The smallest absolute Gasteiger partial charge is 0.251 e. The van der Waals surface area contributed by atoms with Crippen LogP contribution in [0.2, 0.25) is 0 Å². The molecule has 0 aromatic carbocycles. The average molecular weight is 283 g/mol. The molecule has 1 atom stereocenters. The summed E-state index contributed by atoms with van der Waals surface area (Å²) in [5, 5.41) is 6.86. The number of amides is 2. The first-order chi connectivity index (χ1) is 9.08. The predicted octanol–water partition coefficient (Wildman–Crippen LogP) is 0.931. The van der Waals surface area contributed by atoms with Crippen molar-refractivity contribution >= 4 is 29.1 Å². The second kappa shape index (κ2) is 6.32. The van der Waals surface area contributed by atoms with Crippen LogP contribution in [0.15, 0.2) is 0 Å². The number of piperidine rings is 1. The van der Waals surface area contributed by atoms with Crippen LogP contribution in [0.3, 0.4) is 0 Å². The van der Waals surface area contributed by atoms with Gasteiger partial charge in [0.25, 0.3) is 5.91 Å². The van der Waals surface area contributed by atoms with Crippen molar-refractivity contribution < 1.29 is 9.59 Å². The van der Waals surface area contributed by atoms with Gasteiger partial charge in [0.15, 0.2) is 5.11 Å². The molecule has 1 aliphatic heterocycles. The second-order valence-electron chi connectivity index (χ2n) is 5.33. The molecule has 0 bridgehead atoms. The van der Waals surface area contributed by atoms with E-state index in [-0.39, 0.29) is 17.9 Å². The van der Waals surface area contributed by atoms with Crippen molar-refractivity contribution in [2.45, 2.75) is 57.0 Å². The van der Waals surface area contributed by atoms with E-state index in [1.807, 2.05) is 0 Å². The zero-order valence-corrected chi connectivity index (χ0v) is 12.1. The van der Waals surface area contributed by atoms with Crippen LogP contribution in [0.5, 0.6) is 0 Å². The first kappa shape index (κ1) is 14.2. The van der Waals surface area contributed by atoms with Crippen molar-refractivity contribution in [3.05, 3.63) is 0 Å². The number of imide groups is 1. The first-order valence-electron chi connectivity index (χ1n) is 6.95. The van der Waals surface area contributed by atoms with Crippen molar-refractivity contribution in [2.24, 2.45) is 0 Å². The lowest BCUT2D eigenvalue weighted by Gasteiger charge is -2.30. The van der Waals surface area contributed by atoms with Crippen LogP contribution < -0.4 is 10.6 Å². The fourth-order valence-electron chi connectivity index (χ4n) is 2.68. The van der Waals surface area contributed by atoms with Gasteiger partial charge in [0.1, 0.15) is 6.04 Å². The number of likely N-dealkylation sites (N-methyl/N-ethyl adjacent to an activating group) is 1. The van der Waals surface area contributed by atoms with E-state index in [1.165, 1.54) is 31.2 Å². The Hall–Kier alpha value is -1.17. The minimum Gasteiger partial charge on any atom is -0.360 e. The fraction of sp³-hybridized carbons (Fsp3) is 0.769. The van der Waals surface area contributed by atoms with Gasteiger partial charge in [-0.05, 0) is 31.5 Å². The second-order valence-corrected chi connectivity index (χ2v) is 5.74. The summed E-state index contributed by atoms with van der Waals surface area (Å²) in [6.45, 7) is 0. The van der Waals surface area contributed by atoms with E-state index >= 15 is 0 Å². The molecule has 0 radical (unpaired) electrons. The lowest BCUT2D eigenvalue weighted by molar-refractivity contribution is -0.147. The summed E-state index contributed by atoms with van der Waals surface area (Å²) in [5.41, 5.74) is 0. The standard InChI is InChI=1S/C13H21N3O2S/c1-16-11(17)8-7-10(12(16)18)15-13(19)14-9-5-3-2-4-6-9/h9-10H,2-8H2,1H3,(H2,14,15,19). The van der Waals surface area contributed by atoms with E-state index in [1.54, 1.807) is 0 Å². The third-order valence-electron chi connectivity index (χ3n) is 3.90. The summed E-state index contributed by atoms with van der Waals surface area (Å²) in [6.07, 6.45) is 6.96. The SMILES string of the molecule is CN1C(=O)CCC(NC(=S)NC2CCCCC2)C1=O. The molecule has 0 spiro atoms. The number of carbonyl (C=O) groups excluding carboxylic acids is 2. The summed E-state index contributed by atoms with van der Waals surface area (Å²) in [7, 11) is 1.52. The molecule has 106 valence electrons. The molecular weight excluding hydrogens is 262 g/mol. The predicted molar refractivity (Wildman–Crippen MR) is 76.5 cm³/mol. The number of thiocarbonyl (C=S) groups is 1. The van der Waals surface area contributed by atoms with E-state index in [9.17, 15) is 9.59 Å². The van der Waals surface area contributed by atoms with Crippen LogP contribution in [0.4, 0.5) is 0 Å². The highest BCUT2D eigenvalue weighted by Crippen LogP contribution is 2.17. The van der Waals surface area contributed by atoms with Crippen LogP contribution in [-0.2, 0) is 9.59 Å². The minimum atomic E-state index is -0.369. The maximum Gasteiger partial charge on any atom is 0.251 e. The Bertz CT molecular complexity index is 380. The quantitative estimate of drug-likeness (QED) is 0.583. The molecule has 1 unspecified atom stereocenters. The van der Waals surface area contributed by atoms with Gasteiger partial charge in [-0.1, -0.05) is 19.3 Å². The first-order valence-corrected chi connectivity index (χ1v) is 7.36. The number of nitrogens with zero attached hydrogens (tertiary/aromatic N) is 1. The molecule has 1 saturated carbocycles. The number of likely N-dealkylation sites (tertiary alicyclic amines) is 1. The molecule has 2 fully saturated rings. The summed E-state index contributed by atoms with van der Waals surface area (Å²) in [5.74, 6) is -0.307. The van der Waals surface area contributed by atoms with Gasteiger partial charge in [0.2, 0.25) is 5.91 Å². The molecule has 1 saturated heterocycles. The summed E-state index contributed by atoms with van der Waals surface area (Å²) >= 11 is 5.26. The Labute approximate surface area is 119 Å². The van der Waals surface area contributed by atoms with Crippen molar-refractivity contribution in [1.82, 2.24) is 15.5 Å². The number of hydrogen-bond donors (Lipinski definition) is 2. The van der Waals surface area contributed by atoms with Gasteiger partial charge in [-0.15, -0.1) is 0 Å². The maximum absolute atomic E-state index is 11.9. The van der Waals surface area contributed by atoms with Gasteiger partial charge in [-0.2, -0.15) is 0 Å². The lowest BCUT2D eigenvalue weighted by atomic mass is 9.96. The van der Waals surface area contributed by atoms with E-state index in [0.717, 1.165) is 12.8 Å². The fourth-order valence-corrected chi connectivity index (χ4v) is 2.99. The molecule has 2 N–H and O–H groups in total. The minimum absolute atomic E-state index is 0.116. The molecular formula is C13H21N3O2S. The Balaban J connectivity index is 1.81. The van der Waals surface area contributed by atoms with Gasteiger partial charge in [-0.25, -0.2) is 0 Å². The molecule has 1 heterocycles. The number of nitrogens with one attached hydrogen (secondary N) is 2. The molecule has 5 nitrogen and oxygen atoms in total. The molecule has 1 aliphatic carbocycles. The van der Waals surface area contributed by atoms with Crippen LogP contribution in [0.1, 0.15) is 44.9 Å². The Kier molecular flexibility index (Phi) is 4.74. The van der Waals surface area contributed by atoms with Gasteiger partial charge >= 0.3 is 0 Å².